The van der Waals surface area contributed by atoms with E-state index < -0.39 is 5.66 Å². The van der Waals surface area contributed by atoms with E-state index in [1.165, 1.54) is 22.3 Å². The first kappa shape index (κ1) is 22.6. The fourth-order valence-corrected chi connectivity index (χ4v) is 3.69. The van der Waals surface area contributed by atoms with Gasteiger partial charge in [-0.3, -0.25) is 0 Å². The van der Waals surface area contributed by atoms with Crippen molar-refractivity contribution in [3.8, 4) is 0 Å². The van der Waals surface area contributed by atoms with Gasteiger partial charge in [-0.25, -0.2) is 0 Å². The molecule has 0 saturated carbocycles. The average Bonchev–Trinajstić information content (AvgIpc) is 2.70. The second-order valence-electron chi connectivity index (χ2n) is 8.82. The summed E-state index contributed by atoms with van der Waals surface area (Å²) >= 11 is 0. The Labute approximate surface area is 172 Å². The van der Waals surface area contributed by atoms with Crippen molar-refractivity contribution < 1.29 is 0 Å². The number of hydrogen-bond acceptors (Lipinski definition) is 2. The van der Waals surface area contributed by atoms with Crippen molar-refractivity contribution in [3.63, 3.8) is 0 Å². The van der Waals surface area contributed by atoms with Gasteiger partial charge in [0.15, 0.2) is 0 Å². The van der Waals surface area contributed by atoms with Crippen LogP contribution in [0.5, 0.6) is 0 Å². The highest BCUT2D eigenvalue weighted by Crippen LogP contribution is 2.33. The van der Waals surface area contributed by atoms with Crippen LogP contribution in [0.15, 0.2) is 36.4 Å². The molecule has 2 aromatic rings. The summed E-state index contributed by atoms with van der Waals surface area (Å²) in [6.07, 6.45) is 3.31. The van der Waals surface area contributed by atoms with Gasteiger partial charge < -0.3 is 11.5 Å². The molecule has 3 atom stereocenters. The topological polar surface area (TPSA) is 52.0 Å². The van der Waals surface area contributed by atoms with Gasteiger partial charge in [-0.1, -0.05) is 83.5 Å². The van der Waals surface area contributed by atoms with Crippen LogP contribution in [-0.2, 0) is 5.66 Å². The van der Waals surface area contributed by atoms with Gasteiger partial charge in [0.05, 0.1) is 0 Å². The first-order chi connectivity index (χ1) is 13.1. The van der Waals surface area contributed by atoms with E-state index in [1.54, 1.807) is 0 Å². The molecule has 2 nitrogen and oxygen atoms in total. The van der Waals surface area contributed by atoms with E-state index in [0.29, 0.717) is 17.8 Å². The molecule has 0 amide bonds. The Kier molecular flexibility index (Phi) is 7.47. The van der Waals surface area contributed by atoms with Crippen LogP contribution >= 0.6 is 0 Å². The van der Waals surface area contributed by atoms with E-state index in [4.69, 9.17) is 11.5 Å². The first-order valence-electron chi connectivity index (χ1n) is 11.0. The maximum Gasteiger partial charge on any atom is 0.116 e. The molecule has 0 aromatic heterocycles. The number of nitrogens with two attached hydrogens (primary N) is 2. The third kappa shape index (κ3) is 4.85. The highest BCUT2D eigenvalue weighted by atomic mass is 15.0. The molecule has 2 aromatic carbocycles. The van der Waals surface area contributed by atoms with Gasteiger partial charge in [0.2, 0.25) is 0 Å². The zero-order valence-corrected chi connectivity index (χ0v) is 19.0. The fraction of sp³-hybridized carbons (Fsp3) is 0.538. The predicted octanol–water partition coefficient (Wildman–Crippen LogP) is 6.65. The average molecular weight is 381 g/mol. The van der Waals surface area contributed by atoms with Crippen LogP contribution < -0.4 is 11.5 Å². The lowest BCUT2D eigenvalue weighted by atomic mass is 9.83. The fourth-order valence-electron chi connectivity index (χ4n) is 3.69. The molecule has 0 bridgehead atoms. The Morgan fingerprint density at radius 2 is 1.00 bits per heavy atom. The molecule has 0 aliphatic carbocycles. The van der Waals surface area contributed by atoms with Crippen molar-refractivity contribution in [1.82, 2.24) is 0 Å². The Morgan fingerprint density at radius 1 is 0.643 bits per heavy atom. The standard InChI is InChI=1S/C26H40N2/c1-8-18(5)21-11-17(4)12-24(14-21)26(27,28)25-15-22(19(6)9-2)13-23(16-25)20(7)10-3/h11-16,18-20H,8-10,27-28H2,1-7H3. The number of hydrogen-bond donors (Lipinski definition) is 2. The van der Waals surface area contributed by atoms with Crippen molar-refractivity contribution in [2.24, 2.45) is 11.5 Å². The number of aryl methyl sites for hydroxylation is 1. The lowest BCUT2D eigenvalue weighted by Crippen LogP contribution is -2.47. The van der Waals surface area contributed by atoms with E-state index in [2.05, 4.69) is 84.9 Å². The van der Waals surface area contributed by atoms with Crippen molar-refractivity contribution >= 4 is 0 Å². The zero-order chi connectivity index (χ0) is 21.1. The van der Waals surface area contributed by atoms with Crippen molar-refractivity contribution in [2.75, 3.05) is 0 Å². The van der Waals surface area contributed by atoms with Crippen molar-refractivity contribution in [3.05, 3.63) is 69.8 Å². The van der Waals surface area contributed by atoms with Gasteiger partial charge >= 0.3 is 0 Å². The Morgan fingerprint density at radius 3 is 1.39 bits per heavy atom. The monoisotopic (exact) mass is 380 g/mol. The maximum absolute atomic E-state index is 6.84. The summed E-state index contributed by atoms with van der Waals surface area (Å²) in [6.45, 7) is 15.6. The SMILES string of the molecule is CCC(C)c1cc(C)cc(C(N)(N)c2cc(C(C)CC)cc(C(C)CC)c2)c1. The van der Waals surface area contributed by atoms with Crippen molar-refractivity contribution in [2.45, 2.75) is 91.1 Å². The van der Waals surface area contributed by atoms with Crippen LogP contribution in [0.4, 0.5) is 0 Å². The van der Waals surface area contributed by atoms with Gasteiger partial charge in [-0.15, -0.1) is 0 Å². The predicted molar refractivity (Wildman–Crippen MR) is 123 cm³/mol. The molecule has 2 heteroatoms. The van der Waals surface area contributed by atoms with Crippen molar-refractivity contribution in [1.29, 1.82) is 0 Å². The summed E-state index contributed by atoms with van der Waals surface area (Å²) in [7, 11) is 0. The van der Waals surface area contributed by atoms with Crippen LogP contribution in [0.1, 0.15) is 112 Å². The molecule has 0 spiro atoms. The summed E-state index contributed by atoms with van der Waals surface area (Å²) < 4.78 is 0. The van der Waals surface area contributed by atoms with E-state index in [-0.39, 0.29) is 0 Å². The molecule has 2 rings (SSSR count). The third-order valence-corrected chi connectivity index (χ3v) is 6.58. The molecule has 0 aliphatic rings. The van der Waals surface area contributed by atoms with Crippen LogP contribution in [-0.4, -0.2) is 0 Å². The molecule has 0 radical (unpaired) electrons. The number of rotatable bonds is 8. The van der Waals surface area contributed by atoms with Gasteiger partial charge in [-0.05, 0) is 71.8 Å². The molecule has 4 N–H and O–H groups in total. The minimum absolute atomic E-state index is 0.492. The minimum atomic E-state index is -1.00. The highest BCUT2D eigenvalue weighted by molar-refractivity contribution is 5.45. The van der Waals surface area contributed by atoms with E-state index in [9.17, 15) is 0 Å². The Bertz CT molecular complexity index is 763. The van der Waals surface area contributed by atoms with Gasteiger partial charge in [0, 0.05) is 0 Å². The number of benzene rings is 2. The van der Waals surface area contributed by atoms with Gasteiger partial charge in [-0.2, -0.15) is 0 Å². The second kappa shape index (κ2) is 9.24. The quantitative estimate of drug-likeness (QED) is 0.503. The highest BCUT2D eigenvalue weighted by Gasteiger charge is 2.27. The molecular formula is C26H40N2. The smallest absolute Gasteiger partial charge is 0.116 e. The molecule has 0 fully saturated rings. The maximum atomic E-state index is 6.84. The zero-order valence-electron chi connectivity index (χ0n) is 19.0. The third-order valence-electron chi connectivity index (χ3n) is 6.58. The summed E-state index contributed by atoms with van der Waals surface area (Å²) in [5.41, 5.74) is 19.9. The molecule has 0 saturated heterocycles. The summed E-state index contributed by atoms with van der Waals surface area (Å²) in [6, 6.07) is 13.4. The summed E-state index contributed by atoms with van der Waals surface area (Å²) in [4.78, 5) is 0. The minimum Gasteiger partial charge on any atom is -0.306 e. The van der Waals surface area contributed by atoms with E-state index in [1.807, 2.05) is 0 Å². The summed E-state index contributed by atoms with van der Waals surface area (Å²) in [5, 5.41) is 0. The first-order valence-corrected chi connectivity index (χ1v) is 11.0. The largest absolute Gasteiger partial charge is 0.306 e. The van der Waals surface area contributed by atoms with Crippen LogP contribution in [0.2, 0.25) is 0 Å². The normalized spacial score (nSPS) is 15.3. The van der Waals surface area contributed by atoms with Crippen LogP contribution in [0.3, 0.4) is 0 Å². The molecule has 0 aliphatic heterocycles. The molecule has 28 heavy (non-hydrogen) atoms. The Hall–Kier alpha value is -1.64. The Balaban J connectivity index is 2.62. The molecule has 0 heterocycles. The van der Waals surface area contributed by atoms with E-state index in [0.717, 1.165) is 30.4 Å². The van der Waals surface area contributed by atoms with Gasteiger partial charge in [0.25, 0.3) is 0 Å². The summed E-state index contributed by atoms with van der Waals surface area (Å²) in [5.74, 6) is 1.48. The lowest BCUT2D eigenvalue weighted by Gasteiger charge is -2.30. The van der Waals surface area contributed by atoms with E-state index >= 15 is 0 Å². The van der Waals surface area contributed by atoms with Gasteiger partial charge in [0.1, 0.15) is 5.66 Å². The lowest BCUT2D eigenvalue weighted by molar-refractivity contribution is 0.560. The molecular weight excluding hydrogens is 340 g/mol. The van der Waals surface area contributed by atoms with Crippen LogP contribution in [0, 0.1) is 6.92 Å². The molecule has 3 unspecified atom stereocenters. The molecule has 154 valence electrons. The van der Waals surface area contributed by atoms with Crippen LogP contribution in [0.25, 0.3) is 0 Å². The second-order valence-corrected chi connectivity index (χ2v) is 8.82.